The zero-order valence-electron chi connectivity index (χ0n) is 49.7. The number of fused-ring (bicyclic) bond motifs is 4. The maximum absolute atomic E-state index is 16.5. The van der Waals surface area contributed by atoms with Crippen LogP contribution in [0.5, 0.6) is 0 Å². The number of aliphatic hydroxyl groups excluding tert-OH is 1. The Morgan fingerprint density at radius 3 is 1.50 bits per heavy atom. The van der Waals surface area contributed by atoms with Crippen LogP contribution in [-0.2, 0) is 59.8 Å². The fourth-order valence-electron chi connectivity index (χ4n) is 9.97. The third-order valence-electron chi connectivity index (χ3n) is 14.6. The van der Waals surface area contributed by atoms with Crippen LogP contribution in [0.3, 0.4) is 0 Å². The van der Waals surface area contributed by atoms with E-state index in [0.717, 1.165) is 5.56 Å². The van der Waals surface area contributed by atoms with Crippen LogP contribution in [0.1, 0.15) is 85.8 Å². The van der Waals surface area contributed by atoms with Gasteiger partial charge < -0.3 is 57.7 Å². The Bertz CT molecular complexity index is 3730. The molecule has 24 nitrogen and oxygen atoms in total. The summed E-state index contributed by atoms with van der Waals surface area (Å²) in [6, 6.07) is 37.3. The van der Waals surface area contributed by atoms with Crippen molar-refractivity contribution < 1.29 is 70.0 Å². The second kappa shape index (κ2) is 26.6. The predicted molar refractivity (Wildman–Crippen MR) is 320 cm³/mol. The molecule has 0 spiro atoms. The minimum absolute atomic E-state index is 0.0277. The van der Waals surface area contributed by atoms with Crippen molar-refractivity contribution in [3.05, 3.63) is 169 Å². The molecule has 12 rings (SSSR count). The number of anilines is 2. The summed E-state index contributed by atoms with van der Waals surface area (Å²) in [5.74, 6) is -7.57. The summed E-state index contributed by atoms with van der Waals surface area (Å²) in [4.78, 5) is 50.8. The van der Waals surface area contributed by atoms with Crippen molar-refractivity contribution in [2.45, 2.75) is 121 Å². The van der Waals surface area contributed by atoms with E-state index >= 15 is 8.78 Å². The van der Waals surface area contributed by atoms with Crippen molar-refractivity contribution in [1.82, 2.24) is 43.7 Å². The number of amides is 2. The first-order valence-electron chi connectivity index (χ1n) is 28.1. The Morgan fingerprint density at radius 1 is 0.636 bits per heavy atom. The van der Waals surface area contributed by atoms with Gasteiger partial charge in [0.25, 0.3) is 23.5 Å². The molecule has 0 bridgehead atoms. The maximum atomic E-state index is 16.5. The molecule has 4 unspecified atom stereocenters. The van der Waals surface area contributed by atoms with E-state index in [4.69, 9.17) is 42.0 Å². The van der Waals surface area contributed by atoms with Gasteiger partial charge in [-0.25, -0.2) is 38.7 Å². The van der Waals surface area contributed by atoms with Gasteiger partial charge in [0.05, 0.1) is 25.9 Å². The number of nitrogens with one attached hydrogen (secondary N) is 2. The van der Waals surface area contributed by atoms with Crippen molar-refractivity contribution in [3.8, 4) is 0 Å². The van der Waals surface area contributed by atoms with Crippen LogP contribution < -0.4 is 10.6 Å². The van der Waals surface area contributed by atoms with Gasteiger partial charge in [-0.2, -0.15) is 0 Å². The number of carbonyl (C=O) groups is 2. The second-order valence-electron chi connectivity index (χ2n) is 22.2. The Labute approximate surface area is 507 Å². The standard InChI is InChI=1S/C28H29FN5O7P.C20H20FN5O5.C12H20NOP/c1-27(2)39-21-22(40-27)28(29,15-38-42(3,36)37-14-18-10-6-4-7-11-18)41-26(21)34-17-32-20-23(30-16-31-24(20)34)33-25(35)19-12-8-5-9-13-19;1-19(2)29-13-14(30-19)20(21,8-27)31-18(13)26-10-24-12-15(22-9-23-16(12)26)25-17(28)11-6-4-3-5-7-11;1-11(2)13(3)15(4)14-10-12-8-6-5-7-9-12/h4-13,16-17,21-22,26H,14-15H2,1-3H3,(H,30,31,33,35);3-7,9-10,13-14,18,27H,8H2,1-2H3,(H,22,23,25,28);5-9,11H,10H2,1-4H3/t21?,22-,26-,28-,42?;13?,14-,18-,20-;/m11./s1. The third kappa shape index (κ3) is 14.5. The van der Waals surface area contributed by atoms with Gasteiger partial charge in [0, 0.05) is 23.8 Å². The highest BCUT2D eigenvalue weighted by Crippen LogP contribution is 2.53. The highest BCUT2D eigenvalue weighted by molar-refractivity contribution is 7.52. The summed E-state index contributed by atoms with van der Waals surface area (Å²) < 4.78 is 102. The van der Waals surface area contributed by atoms with E-state index in [9.17, 15) is 19.3 Å². The first-order chi connectivity index (χ1) is 42.0. The van der Waals surface area contributed by atoms with Crippen LogP contribution in [0.4, 0.5) is 20.4 Å². The van der Waals surface area contributed by atoms with E-state index in [2.05, 4.69) is 84.9 Å². The molecule has 10 atom stereocenters. The van der Waals surface area contributed by atoms with E-state index in [-0.39, 0.29) is 41.2 Å². The number of aromatic nitrogens is 8. The van der Waals surface area contributed by atoms with Crippen LogP contribution in [0, 0.1) is 0 Å². The second-order valence-corrected chi connectivity index (χ2v) is 26.1. The van der Waals surface area contributed by atoms with Crippen LogP contribution in [0.2, 0.25) is 0 Å². The molecule has 0 saturated carbocycles. The first kappa shape index (κ1) is 64.0. The highest BCUT2D eigenvalue weighted by atomic mass is 31.2. The lowest BCUT2D eigenvalue weighted by atomic mass is 10.1. The SMILES string of the molecule is CC(C)N(C)P(C)OCc1ccccc1.CC1(C)OC2[C@H](n3cnc4c(NC(=O)c5ccccc5)ncnc43)O[C@](F)(CO)[C@@H]2O1.CC1(C)OC2[C@H](n3cnc4c(NC(=O)c5ccccc5)ncnc43)O[C@](F)(COP(C)(=O)OCc3ccccc3)[C@@H]2O1. The first-order valence-corrected chi connectivity index (χ1v) is 31.8. The van der Waals surface area contributed by atoms with Gasteiger partial charge in [-0.15, -0.1) is 0 Å². The van der Waals surface area contributed by atoms with Gasteiger partial charge in [0.15, 0.2) is 70.2 Å². The Balaban J connectivity index is 0.000000162. The lowest BCUT2D eigenvalue weighted by Crippen LogP contribution is -2.43. The number of carbonyl (C=O) groups excluding carboxylic acids is 2. The van der Waals surface area contributed by atoms with Crippen molar-refractivity contribution in [2.75, 3.05) is 44.2 Å². The maximum Gasteiger partial charge on any atom is 0.328 e. The molecule has 8 aromatic rings. The molecule has 0 aliphatic carbocycles. The highest BCUT2D eigenvalue weighted by Gasteiger charge is 2.66. The Hall–Kier alpha value is -7.00. The number of halogens is 2. The van der Waals surface area contributed by atoms with Gasteiger partial charge in [-0.05, 0) is 90.6 Å². The Kier molecular flexibility index (Phi) is 19.3. The van der Waals surface area contributed by atoms with Gasteiger partial charge in [0.1, 0.15) is 46.4 Å². The largest absolute Gasteiger partial charge is 0.390 e. The summed E-state index contributed by atoms with van der Waals surface area (Å²) in [6.07, 6.45) is -0.925. The number of ether oxygens (including phenoxy) is 6. The van der Waals surface area contributed by atoms with Crippen LogP contribution in [-0.4, -0.2) is 148 Å². The molecule has 28 heteroatoms. The summed E-state index contributed by atoms with van der Waals surface area (Å²) in [7, 11) is -2.04. The number of hydrogen-bond acceptors (Lipinski definition) is 20. The molecule has 4 aliphatic heterocycles. The summed E-state index contributed by atoms with van der Waals surface area (Å²) >= 11 is 0. The van der Waals surface area contributed by atoms with E-state index in [1.165, 1.54) is 46.7 Å². The van der Waals surface area contributed by atoms with Gasteiger partial charge >= 0.3 is 7.60 Å². The molecule has 4 saturated heterocycles. The lowest BCUT2D eigenvalue weighted by molar-refractivity contribution is -0.264. The van der Waals surface area contributed by atoms with E-state index in [0.29, 0.717) is 34.9 Å². The van der Waals surface area contributed by atoms with Crippen molar-refractivity contribution in [1.29, 1.82) is 0 Å². The van der Waals surface area contributed by atoms with Crippen LogP contribution >= 0.6 is 15.9 Å². The number of aliphatic hydroxyl groups is 1. The Morgan fingerprint density at radius 2 is 1.06 bits per heavy atom. The number of benzene rings is 4. The topological polar surface area (TPSA) is 269 Å². The number of nitrogens with zero attached hydrogens (tertiary/aromatic N) is 9. The summed E-state index contributed by atoms with van der Waals surface area (Å²) in [5, 5.41) is 15.0. The van der Waals surface area contributed by atoms with Gasteiger partial charge in [-0.3, -0.25) is 28.0 Å². The molecule has 4 fully saturated rings. The van der Waals surface area contributed by atoms with E-state index in [1.54, 1.807) is 82.3 Å². The lowest BCUT2D eigenvalue weighted by Gasteiger charge is -2.29. The molecular weight excluding hydrogens is 1180 g/mol. The van der Waals surface area contributed by atoms with Gasteiger partial charge in [-0.1, -0.05) is 97.1 Å². The average Bonchev–Trinajstić information content (AvgIpc) is 1.60. The number of imidazole rings is 2. The molecule has 2 amide bonds. The zero-order chi connectivity index (χ0) is 62.6. The minimum atomic E-state index is -3.68. The third-order valence-corrected chi connectivity index (χ3v) is 17.6. The van der Waals surface area contributed by atoms with Crippen molar-refractivity contribution in [2.24, 2.45) is 0 Å². The average molecular weight is 1250 g/mol. The smallest absolute Gasteiger partial charge is 0.328 e. The molecule has 4 aromatic carbocycles. The zero-order valence-corrected chi connectivity index (χ0v) is 51.5. The molecule has 3 N–H and O–H groups in total. The number of alkyl halides is 2. The van der Waals surface area contributed by atoms with E-state index in [1.807, 2.05) is 54.6 Å². The van der Waals surface area contributed by atoms with E-state index < -0.39 is 89.3 Å². The molecule has 466 valence electrons. The fourth-order valence-corrected chi connectivity index (χ4v) is 12.0. The van der Waals surface area contributed by atoms with Crippen molar-refractivity contribution in [3.63, 3.8) is 0 Å². The van der Waals surface area contributed by atoms with Crippen LogP contribution in [0.15, 0.2) is 147 Å². The molecule has 88 heavy (non-hydrogen) atoms. The fraction of sp³-hybridized carbons (Fsp3) is 0.400. The van der Waals surface area contributed by atoms with Crippen LogP contribution in [0.25, 0.3) is 22.3 Å². The molecule has 0 radical (unpaired) electrons. The summed E-state index contributed by atoms with van der Waals surface area (Å²) in [6.45, 7) is 13.5. The monoisotopic (exact) mass is 1250 g/mol. The molecule has 8 heterocycles. The summed E-state index contributed by atoms with van der Waals surface area (Å²) in [5.41, 5.74) is 4.06. The van der Waals surface area contributed by atoms with Gasteiger partial charge in [0.2, 0.25) is 0 Å². The molecule has 4 aliphatic rings. The quantitative estimate of drug-likeness (QED) is 0.0674. The van der Waals surface area contributed by atoms with Crippen molar-refractivity contribution >= 4 is 61.7 Å². The number of hydrogen-bond donors (Lipinski definition) is 3. The number of rotatable bonds is 18. The molecule has 4 aromatic heterocycles. The predicted octanol–water partition coefficient (Wildman–Crippen LogP) is 10.1. The normalized spacial score (nSPS) is 25.1. The minimum Gasteiger partial charge on any atom is -0.390 e. The molecular formula is C60H69F2N11O13P2.